The third kappa shape index (κ3) is 4.21. The van der Waals surface area contributed by atoms with Crippen LogP contribution >= 0.6 is 0 Å². The number of halogens is 4. The molecule has 0 aromatic carbocycles. The van der Waals surface area contributed by atoms with E-state index in [1.807, 2.05) is 0 Å². The quantitative estimate of drug-likeness (QED) is 0.754. The molecule has 154 valence electrons. The Morgan fingerprint density at radius 3 is 2.71 bits per heavy atom. The van der Waals surface area contributed by atoms with Crippen LogP contribution in [0.15, 0.2) is 20.9 Å². The van der Waals surface area contributed by atoms with Crippen LogP contribution in [0.3, 0.4) is 0 Å². The van der Waals surface area contributed by atoms with E-state index in [-0.39, 0.29) is 29.9 Å². The Hall–Kier alpha value is -2.36. The molecule has 0 bridgehead atoms. The molecule has 6 nitrogen and oxygen atoms in total. The molecule has 1 N–H and O–H groups in total. The van der Waals surface area contributed by atoms with Gasteiger partial charge in [-0.2, -0.15) is 0 Å². The molecule has 2 heterocycles. The summed E-state index contributed by atoms with van der Waals surface area (Å²) >= 11 is 0. The van der Waals surface area contributed by atoms with Crippen LogP contribution in [0.5, 0.6) is 5.75 Å². The first kappa shape index (κ1) is 20.4. The summed E-state index contributed by atoms with van der Waals surface area (Å²) in [5.41, 5.74) is -1.98. The molecule has 1 aliphatic carbocycles. The molecule has 1 fully saturated rings. The number of aliphatic carboxylic acids is 1. The number of carbonyl (C=O) groups is 1. The van der Waals surface area contributed by atoms with Gasteiger partial charge in [0.25, 0.3) is 0 Å². The fourth-order valence-electron chi connectivity index (χ4n) is 3.69. The molecule has 3 atom stereocenters. The minimum absolute atomic E-state index is 0.0657. The van der Waals surface area contributed by atoms with Crippen LogP contribution in [0.1, 0.15) is 37.5 Å². The molecule has 0 radical (unpaired) electrons. The third-order valence-electron chi connectivity index (χ3n) is 5.10. The van der Waals surface area contributed by atoms with Crippen LogP contribution in [0.2, 0.25) is 0 Å². The molecule has 1 aromatic rings. The number of hydrogen-bond acceptors (Lipinski definition) is 5. The lowest BCUT2D eigenvalue weighted by molar-refractivity contribution is -0.375. The van der Waals surface area contributed by atoms with Crippen LogP contribution in [0, 0.1) is 5.92 Å². The fourth-order valence-corrected chi connectivity index (χ4v) is 3.69. The monoisotopic (exact) mass is 406 g/mol. The summed E-state index contributed by atoms with van der Waals surface area (Å²) in [5.74, 6) is -1.97. The van der Waals surface area contributed by atoms with E-state index < -0.39 is 48.7 Å². The van der Waals surface area contributed by atoms with Crippen molar-refractivity contribution in [3.8, 4) is 5.75 Å². The number of ether oxygens (including phenoxy) is 2. The molecule has 1 aromatic heterocycles. The van der Waals surface area contributed by atoms with Gasteiger partial charge in [0.05, 0.1) is 0 Å². The number of alkyl halides is 4. The van der Waals surface area contributed by atoms with Crippen LogP contribution < -0.4 is 10.4 Å². The van der Waals surface area contributed by atoms with Gasteiger partial charge >= 0.3 is 18.0 Å². The first-order valence-electron chi connectivity index (χ1n) is 8.59. The summed E-state index contributed by atoms with van der Waals surface area (Å²) in [4.78, 5) is 22.9. The average molecular weight is 406 g/mol. The van der Waals surface area contributed by atoms with Crippen molar-refractivity contribution in [3.05, 3.63) is 33.4 Å². The van der Waals surface area contributed by atoms with Crippen molar-refractivity contribution in [2.45, 2.75) is 50.7 Å². The predicted octanol–water partition coefficient (Wildman–Crippen LogP) is 3.48. The van der Waals surface area contributed by atoms with Crippen molar-refractivity contribution in [2.75, 3.05) is 6.67 Å². The number of carboxylic acid groups (broad SMARTS) is 1. The van der Waals surface area contributed by atoms with Crippen LogP contribution in [0.25, 0.3) is 6.08 Å². The van der Waals surface area contributed by atoms with E-state index in [1.54, 1.807) is 6.08 Å². The number of hydrogen-bond donors (Lipinski definition) is 1. The van der Waals surface area contributed by atoms with Crippen LogP contribution in [-0.2, 0) is 16.0 Å². The molecular formula is C18H18F4O6. The van der Waals surface area contributed by atoms with Gasteiger partial charge in [-0.25, -0.2) is 9.18 Å². The maximum Gasteiger partial charge on any atom is 0.523 e. The second-order valence-corrected chi connectivity index (χ2v) is 7.14. The molecule has 3 rings (SSSR count). The van der Waals surface area contributed by atoms with Gasteiger partial charge in [0.1, 0.15) is 41.9 Å². The third-order valence-corrected chi connectivity index (χ3v) is 5.10. The Morgan fingerprint density at radius 2 is 2.11 bits per heavy atom. The molecule has 10 heteroatoms. The van der Waals surface area contributed by atoms with E-state index in [9.17, 15) is 27.2 Å². The van der Waals surface area contributed by atoms with Crippen LogP contribution in [0.4, 0.5) is 17.6 Å². The highest BCUT2D eigenvalue weighted by Gasteiger charge is 2.48. The smallest absolute Gasteiger partial charge is 0.485 e. The topological polar surface area (TPSA) is 86.0 Å². The van der Waals surface area contributed by atoms with Crippen molar-refractivity contribution in [3.63, 3.8) is 0 Å². The van der Waals surface area contributed by atoms with E-state index in [4.69, 9.17) is 14.3 Å². The van der Waals surface area contributed by atoms with Gasteiger partial charge in [0.15, 0.2) is 0 Å². The van der Waals surface area contributed by atoms with Crippen molar-refractivity contribution < 1.29 is 41.4 Å². The van der Waals surface area contributed by atoms with Crippen LogP contribution in [-0.4, -0.2) is 35.8 Å². The van der Waals surface area contributed by atoms with E-state index in [0.29, 0.717) is 12.0 Å². The Balaban J connectivity index is 1.85. The molecule has 1 aliphatic heterocycles. The summed E-state index contributed by atoms with van der Waals surface area (Å²) < 4.78 is 66.3. The molecule has 0 amide bonds. The molecule has 2 aliphatic rings. The Morgan fingerprint density at radius 1 is 1.39 bits per heavy atom. The Labute approximate surface area is 156 Å². The maximum absolute atomic E-state index is 13.5. The van der Waals surface area contributed by atoms with E-state index in [1.165, 1.54) is 6.07 Å². The molecule has 0 spiro atoms. The number of rotatable bonds is 5. The predicted molar refractivity (Wildman–Crippen MR) is 87.6 cm³/mol. The minimum atomic E-state index is -4.97. The fraction of sp³-hybridized carbons (Fsp3) is 0.556. The van der Waals surface area contributed by atoms with E-state index >= 15 is 0 Å². The lowest BCUT2D eigenvalue weighted by Crippen LogP contribution is -2.48. The zero-order valence-electron chi connectivity index (χ0n) is 14.8. The largest absolute Gasteiger partial charge is 0.523 e. The minimum Gasteiger partial charge on any atom is -0.485 e. The zero-order valence-corrected chi connectivity index (χ0v) is 14.8. The van der Waals surface area contributed by atoms with Gasteiger partial charge in [-0.05, 0) is 43.8 Å². The molecule has 1 saturated carbocycles. The zero-order chi connectivity index (χ0) is 20.7. The van der Waals surface area contributed by atoms with Crippen molar-refractivity contribution in [1.82, 2.24) is 0 Å². The lowest BCUT2D eigenvalue weighted by atomic mass is 9.74. The number of fused-ring (bicyclic) bond motifs is 2. The average Bonchev–Trinajstić information content (AvgIpc) is 2.57. The highest BCUT2D eigenvalue weighted by atomic mass is 19.4. The Bertz CT molecular complexity index is 859. The normalized spacial score (nSPS) is 23.7. The highest BCUT2D eigenvalue weighted by molar-refractivity contribution is 5.70. The van der Waals surface area contributed by atoms with E-state index in [0.717, 1.165) is 6.92 Å². The second-order valence-electron chi connectivity index (χ2n) is 7.14. The number of carboxylic acids is 1. The van der Waals surface area contributed by atoms with Gasteiger partial charge < -0.3 is 14.3 Å². The summed E-state index contributed by atoms with van der Waals surface area (Å²) in [7, 11) is 0. The van der Waals surface area contributed by atoms with Crippen molar-refractivity contribution >= 4 is 12.0 Å². The summed E-state index contributed by atoms with van der Waals surface area (Å²) in [6, 6.07) is 1.28. The first-order chi connectivity index (χ1) is 13.0. The van der Waals surface area contributed by atoms with Gasteiger partial charge in [-0.15, -0.1) is 13.2 Å². The Kier molecular flexibility index (Phi) is 5.26. The summed E-state index contributed by atoms with van der Waals surface area (Å²) in [5, 5.41) is 8.84. The molecular weight excluding hydrogens is 388 g/mol. The second kappa shape index (κ2) is 7.23. The lowest BCUT2D eigenvalue weighted by Gasteiger charge is -2.42. The van der Waals surface area contributed by atoms with Gasteiger partial charge in [0.2, 0.25) is 0 Å². The maximum atomic E-state index is 13.5. The van der Waals surface area contributed by atoms with Gasteiger partial charge in [0, 0.05) is 6.07 Å². The van der Waals surface area contributed by atoms with Crippen molar-refractivity contribution in [1.29, 1.82) is 0 Å². The first-order valence-corrected chi connectivity index (χ1v) is 8.59. The summed E-state index contributed by atoms with van der Waals surface area (Å²) in [6.07, 6.45) is -3.99. The highest BCUT2D eigenvalue weighted by Crippen LogP contribution is 2.44. The molecule has 1 unspecified atom stereocenters. The SMILES string of the molecule is CC(CF)(OC(F)(F)F)[C@H]1CCC2=Cc3c(cc(CC(=O)O)oc3=O)O[C@H]2C1. The molecule has 28 heavy (non-hydrogen) atoms. The summed E-state index contributed by atoms with van der Waals surface area (Å²) in [6.45, 7) is -0.234. The van der Waals surface area contributed by atoms with Gasteiger partial charge in [-0.3, -0.25) is 9.53 Å². The van der Waals surface area contributed by atoms with E-state index in [2.05, 4.69) is 4.74 Å². The van der Waals surface area contributed by atoms with Gasteiger partial charge in [-0.1, -0.05) is 0 Å². The standard InChI is InChI=1S/C18H18F4O6/c1-17(8-19,28-18(20,21)22)10-3-2-9-4-12-14(27-13(9)5-10)6-11(7-15(23)24)26-16(12)25/h4,6,10,13H,2-3,5,7-8H2,1H3,(H,23,24)/t10-,13-,17?/m0/s1. The molecule has 0 saturated heterocycles. The van der Waals surface area contributed by atoms with Crippen molar-refractivity contribution in [2.24, 2.45) is 5.92 Å².